The number of nitrogens with one attached hydrogen (secondary N) is 4. The van der Waals surface area contributed by atoms with Crippen molar-refractivity contribution in [3.63, 3.8) is 0 Å². The quantitative estimate of drug-likeness (QED) is 0.113. The van der Waals surface area contributed by atoms with Gasteiger partial charge in [0, 0.05) is 48.2 Å². The molecule has 2 aromatic carbocycles. The molecule has 5 rings (SSSR count). The molecular weight excluding hydrogens is 590 g/mol. The number of rotatable bonds is 7. The topological polar surface area (TPSA) is 149 Å². The monoisotopic (exact) mass is 643 g/mol. The van der Waals surface area contributed by atoms with E-state index in [1.54, 1.807) is 13.0 Å². The highest BCUT2D eigenvalue weighted by Crippen LogP contribution is 2.28. The van der Waals surface area contributed by atoms with E-state index in [2.05, 4.69) is 41.2 Å². The van der Waals surface area contributed by atoms with Crippen LogP contribution in [-0.2, 0) is 9.53 Å². The molecule has 1 aromatic heterocycles. The minimum absolute atomic E-state index is 0.0169. The highest BCUT2D eigenvalue weighted by atomic mass is 16.5. The molecule has 3 aromatic rings. The molecule has 2 fully saturated rings. The number of allylic oxidation sites excluding steroid dienone is 2. The maximum atomic E-state index is 12.6. The molecule has 0 spiro atoms. The Morgan fingerprint density at radius 2 is 1.72 bits per heavy atom. The molecule has 0 unspecified atom stereocenters. The zero-order chi connectivity index (χ0) is 34.6. The van der Waals surface area contributed by atoms with Gasteiger partial charge in [-0.25, -0.2) is 0 Å². The number of aromatic amines is 1. The number of amides is 1. The number of hydrogen-bond donors (Lipinski definition) is 5. The van der Waals surface area contributed by atoms with E-state index in [1.807, 2.05) is 67.4 Å². The number of morpholine rings is 1. The molecule has 0 aliphatic carbocycles. The fraction of sp³-hybridized carbons (Fsp3) is 0.405. The molecular formula is C37H53N7O3. The number of benzene rings is 2. The van der Waals surface area contributed by atoms with Gasteiger partial charge in [-0.05, 0) is 81.9 Å². The van der Waals surface area contributed by atoms with Crippen LogP contribution in [0.3, 0.4) is 0 Å². The summed E-state index contributed by atoms with van der Waals surface area (Å²) in [6, 6.07) is 15.2. The predicted molar refractivity (Wildman–Crippen MR) is 196 cm³/mol. The first-order valence-corrected chi connectivity index (χ1v) is 16.4. The van der Waals surface area contributed by atoms with E-state index in [4.69, 9.17) is 15.9 Å². The smallest absolute Gasteiger partial charge is 0.254 e. The number of anilines is 2. The third-order valence-electron chi connectivity index (χ3n) is 7.54. The minimum Gasteiger partial charge on any atom is -0.388 e. The first kappa shape index (κ1) is 38.6. The van der Waals surface area contributed by atoms with Crippen LogP contribution in [0.1, 0.15) is 73.5 Å². The number of hydrogen-bond acceptors (Lipinski definition) is 8. The number of nitrogen functional groups attached to an aromatic ring is 1. The van der Waals surface area contributed by atoms with E-state index in [1.165, 1.54) is 38.8 Å². The Hall–Kier alpha value is -4.54. The Labute approximate surface area is 280 Å². The summed E-state index contributed by atoms with van der Waals surface area (Å²) in [5.74, 6) is 0.464. The van der Waals surface area contributed by atoms with E-state index in [0.29, 0.717) is 60.9 Å². The summed E-state index contributed by atoms with van der Waals surface area (Å²) < 4.78 is 5.32. The molecule has 6 N–H and O–H groups in total. The normalized spacial score (nSPS) is 14.1. The average molecular weight is 644 g/mol. The van der Waals surface area contributed by atoms with Crippen molar-refractivity contribution < 1.29 is 14.3 Å². The number of aromatic nitrogens is 1. The van der Waals surface area contributed by atoms with Gasteiger partial charge < -0.3 is 31.0 Å². The maximum Gasteiger partial charge on any atom is 0.254 e. The van der Waals surface area contributed by atoms with Gasteiger partial charge in [0.05, 0.1) is 24.6 Å². The summed E-state index contributed by atoms with van der Waals surface area (Å²) in [6.07, 6.45) is 7.72. The Balaban J connectivity index is 0.000000395. The summed E-state index contributed by atoms with van der Waals surface area (Å²) in [7, 11) is 1.87. The van der Waals surface area contributed by atoms with Crippen LogP contribution in [0.2, 0.25) is 0 Å². The highest BCUT2D eigenvalue weighted by Gasteiger charge is 2.19. The summed E-state index contributed by atoms with van der Waals surface area (Å²) in [5.41, 5.74) is 12.8. The van der Waals surface area contributed by atoms with Crippen molar-refractivity contribution in [3.8, 4) is 11.3 Å². The van der Waals surface area contributed by atoms with Crippen LogP contribution in [0, 0.1) is 12.3 Å². The van der Waals surface area contributed by atoms with Gasteiger partial charge >= 0.3 is 0 Å². The number of aldehydes is 1. The number of piperidine rings is 1. The third-order valence-corrected chi connectivity index (χ3v) is 7.54. The number of carbonyl (C=O) groups is 2. The number of nitrogens with two attached hydrogens (primary N) is 1. The van der Waals surface area contributed by atoms with Crippen LogP contribution >= 0.6 is 0 Å². The maximum absolute atomic E-state index is 12.6. The van der Waals surface area contributed by atoms with Crippen LogP contribution in [0.4, 0.5) is 11.5 Å². The SMILES string of the molecule is C1CCNCC1.C=N/C(C=O)=C\C.CCC.CNc1cccc(C(=N)c2cc(-c3ccc(C(=O)N4CCOCC4)cc3)[nH]c2N)c1C. The predicted octanol–water partition coefficient (Wildman–Crippen LogP) is 6.47. The summed E-state index contributed by atoms with van der Waals surface area (Å²) in [4.78, 5) is 30.8. The molecule has 0 saturated carbocycles. The lowest BCUT2D eigenvalue weighted by Gasteiger charge is -2.26. The molecule has 2 aliphatic heterocycles. The molecule has 10 nitrogen and oxygen atoms in total. The summed E-state index contributed by atoms with van der Waals surface area (Å²) in [5, 5.41) is 15.2. The zero-order valence-corrected chi connectivity index (χ0v) is 28.7. The first-order chi connectivity index (χ1) is 22.8. The minimum atomic E-state index is 0.0169. The van der Waals surface area contributed by atoms with Crippen molar-refractivity contribution in [3.05, 3.63) is 82.6 Å². The second-order valence-corrected chi connectivity index (χ2v) is 11.1. The lowest BCUT2D eigenvalue weighted by molar-refractivity contribution is -0.104. The van der Waals surface area contributed by atoms with Crippen LogP contribution < -0.4 is 16.4 Å². The third kappa shape index (κ3) is 12.0. The fourth-order valence-electron chi connectivity index (χ4n) is 4.90. The van der Waals surface area contributed by atoms with Crippen molar-refractivity contribution in [1.29, 1.82) is 5.41 Å². The second-order valence-electron chi connectivity index (χ2n) is 11.1. The van der Waals surface area contributed by atoms with Gasteiger partial charge in [-0.1, -0.05) is 57.0 Å². The number of ether oxygens (including phenoxy) is 1. The van der Waals surface area contributed by atoms with E-state index in [9.17, 15) is 9.59 Å². The second kappa shape index (κ2) is 21.3. The average Bonchev–Trinajstić information content (AvgIpc) is 3.52. The number of nitrogens with zero attached hydrogens (tertiary/aromatic N) is 2. The summed E-state index contributed by atoms with van der Waals surface area (Å²) in [6.45, 7) is 16.0. The zero-order valence-electron chi connectivity index (χ0n) is 28.7. The van der Waals surface area contributed by atoms with E-state index in [0.717, 1.165) is 28.1 Å². The lowest BCUT2D eigenvalue weighted by atomic mass is 9.97. The van der Waals surface area contributed by atoms with Gasteiger partial charge in [0.2, 0.25) is 0 Å². The van der Waals surface area contributed by atoms with Crippen molar-refractivity contribution >= 4 is 36.1 Å². The molecule has 0 bridgehead atoms. The standard InChI is InChI=1S/C24H27N5O2.C5H7NO.C5H11N.C3H8/c1-15-18(4-3-5-20(15)27-2)22(25)19-14-21(28-23(19)26)16-6-8-17(9-7-16)24(30)29-10-12-31-13-11-29;1-3-5(4-7)6-2;1-2-4-6-5-3-1;1-3-2/h3-9,14,25,27-28H,10-13,26H2,1-2H3;3-4H,2H2,1H3;6H,1-5H2;3H2,1-2H3/b;5-3-;;. The number of aliphatic imine (C=N–C) groups is 1. The van der Waals surface area contributed by atoms with Crippen molar-refractivity contribution in [2.24, 2.45) is 4.99 Å². The molecule has 1 amide bonds. The fourth-order valence-corrected chi connectivity index (χ4v) is 4.90. The van der Waals surface area contributed by atoms with Crippen molar-refractivity contribution in [2.45, 2.75) is 53.4 Å². The molecule has 10 heteroatoms. The van der Waals surface area contributed by atoms with E-state index in [-0.39, 0.29) is 5.91 Å². The van der Waals surface area contributed by atoms with E-state index >= 15 is 0 Å². The molecule has 254 valence electrons. The molecule has 0 radical (unpaired) electrons. The summed E-state index contributed by atoms with van der Waals surface area (Å²) >= 11 is 0. The largest absolute Gasteiger partial charge is 0.388 e. The van der Waals surface area contributed by atoms with Gasteiger partial charge in [0.15, 0.2) is 6.29 Å². The Morgan fingerprint density at radius 3 is 2.19 bits per heavy atom. The molecule has 3 heterocycles. The first-order valence-electron chi connectivity index (χ1n) is 16.4. The Morgan fingerprint density at radius 1 is 1.09 bits per heavy atom. The molecule has 2 aliphatic rings. The van der Waals surface area contributed by atoms with Gasteiger partial charge in [0.25, 0.3) is 5.91 Å². The van der Waals surface area contributed by atoms with Gasteiger partial charge in [-0.15, -0.1) is 0 Å². The van der Waals surface area contributed by atoms with Crippen molar-refractivity contribution in [1.82, 2.24) is 15.2 Å². The van der Waals surface area contributed by atoms with Gasteiger partial charge in [-0.3, -0.25) is 20.0 Å². The van der Waals surface area contributed by atoms with Crippen molar-refractivity contribution in [2.75, 3.05) is 57.5 Å². The Bertz CT molecular complexity index is 1430. The van der Waals surface area contributed by atoms with Crippen LogP contribution in [0.25, 0.3) is 11.3 Å². The number of carbonyl (C=O) groups excluding carboxylic acids is 2. The Kier molecular flexibility index (Phi) is 17.5. The molecule has 2 saturated heterocycles. The lowest BCUT2D eigenvalue weighted by Crippen LogP contribution is -2.40. The number of H-pyrrole nitrogens is 1. The van der Waals surface area contributed by atoms with Gasteiger partial charge in [-0.2, -0.15) is 0 Å². The van der Waals surface area contributed by atoms with Crippen LogP contribution in [-0.4, -0.2) is 80.9 Å². The molecule has 0 atom stereocenters. The van der Waals surface area contributed by atoms with E-state index < -0.39 is 0 Å². The van der Waals surface area contributed by atoms with Crippen LogP contribution in [0.15, 0.2) is 65.3 Å². The molecule has 47 heavy (non-hydrogen) atoms. The highest BCUT2D eigenvalue weighted by molar-refractivity contribution is 6.15. The van der Waals surface area contributed by atoms with Crippen LogP contribution in [0.5, 0.6) is 0 Å². The van der Waals surface area contributed by atoms with Gasteiger partial charge in [0.1, 0.15) is 5.82 Å².